The highest BCUT2D eigenvalue weighted by Crippen LogP contribution is 2.42. The normalized spacial score (nSPS) is 27.9. The zero-order valence-corrected chi connectivity index (χ0v) is 21.3. The summed E-state index contributed by atoms with van der Waals surface area (Å²) in [6.45, 7) is 2.71. The number of carbonyl (C=O) groups is 2. The van der Waals surface area contributed by atoms with E-state index in [1.807, 2.05) is 4.90 Å². The number of nitrogens with one attached hydrogen (secondary N) is 3. The Morgan fingerprint density at radius 1 is 1.11 bits per heavy atom. The smallest absolute Gasteiger partial charge is 0.410 e. The maximum Gasteiger partial charge on any atom is 0.410 e. The average molecular weight is 526 g/mol. The summed E-state index contributed by atoms with van der Waals surface area (Å²) in [6.07, 6.45) is 5.17. The number of hydrazine groups is 2. The number of carbonyl (C=O) groups excluding carboxylic acids is 2. The van der Waals surface area contributed by atoms with Crippen LogP contribution in [-0.2, 0) is 26.0 Å². The minimum absolute atomic E-state index is 0.0191. The first-order chi connectivity index (χ1) is 16.6. The maximum atomic E-state index is 13.0. The molecule has 0 radical (unpaired) electrons. The molecular formula is C23H32ClN5O5S. The van der Waals surface area contributed by atoms with Crippen LogP contribution in [0.5, 0.6) is 0 Å². The van der Waals surface area contributed by atoms with Crippen LogP contribution in [0.25, 0.3) is 0 Å². The van der Waals surface area contributed by atoms with Gasteiger partial charge in [0.15, 0.2) is 9.84 Å². The number of rotatable bonds is 4. The SMILES string of the molecule is CS(=O)(=O)c1ccc(COC(=O)N2CCC3(CC2)CN(C(=O)C2CCC4NNNC4C2)C3)c(Cl)c1. The molecule has 10 nitrogen and oxygen atoms in total. The second-order valence-corrected chi connectivity index (χ2v) is 12.8. The summed E-state index contributed by atoms with van der Waals surface area (Å²) in [5, 5.41) is 0.252. The second-order valence-electron chi connectivity index (χ2n) is 10.4. The molecule has 0 bridgehead atoms. The summed E-state index contributed by atoms with van der Waals surface area (Å²) < 4.78 is 28.7. The molecule has 3 saturated heterocycles. The third kappa shape index (κ3) is 5.15. The van der Waals surface area contributed by atoms with Gasteiger partial charge in [0, 0.05) is 66.4 Å². The Morgan fingerprint density at radius 2 is 1.83 bits per heavy atom. The molecule has 35 heavy (non-hydrogen) atoms. The number of fused-ring (bicyclic) bond motifs is 1. The molecule has 3 aliphatic heterocycles. The van der Waals surface area contributed by atoms with Crippen molar-refractivity contribution in [2.75, 3.05) is 32.4 Å². The highest BCUT2D eigenvalue weighted by Gasteiger charge is 2.49. The average Bonchev–Trinajstić information content (AvgIpc) is 3.28. The van der Waals surface area contributed by atoms with Crippen molar-refractivity contribution in [3.8, 4) is 0 Å². The number of sulfone groups is 1. The third-order valence-corrected chi connectivity index (χ3v) is 9.43. The number of likely N-dealkylation sites (tertiary alicyclic amines) is 2. The molecule has 1 aromatic rings. The number of hydrogen-bond acceptors (Lipinski definition) is 8. The van der Waals surface area contributed by atoms with Gasteiger partial charge in [-0.2, -0.15) is 5.53 Å². The van der Waals surface area contributed by atoms with Crippen LogP contribution in [0.3, 0.4) is 0 Å². The van der Waals surface area contributed by atoms with E-state index in [0.717, 1.165) is 51.4 Å². The number of halogens is 1. The zero-order chi connectivity index (χ0) is 24.8. The van der Waals surface area contributed by atoms with E-state index in [2.05, 4.69) is 16.4 Å². The van der Waals surface area contributed by atoms with Crippen LogP contribution < -0.4 is 16.4 Å². The maximum absolute atomic E-state index is 13.0. The van der Waals surface area contributed by atoms with Gasteiger partial charge in [-0.25, -0.2) is 24.1 Å². The number of hydrogen-bond donors (Lipinski definition) is 3. The highest BCUT2D eigenvalue weighted by atomic mass is 35.5. The van der Waals surface area contributed by atoms with E-state index < -0.39 is 15.9 Å². The topological polar surface area (TPSA) is 120 Å². The van der Waals surface area contributed by atoms with Crippen LogP contribution in [0, 0.1) is 11.3 Å². The fourth-order valence-corrected chi connectivity index (χ4v) is 6.67. The van der Waals surface area contributed by atoms with Crippen LogP contribution in [0.4, 0.5) is 4.79 Å². The minimum atomic E-state index is -3.35. The van der Waals surface area contributed by atoms with Gasteiger partial charge in [0.05, 0.1) is 4.90 Å². The fraction of sp³-hybridized carbons (Fsp3) is 0.652. The zero-order valence-electron chi connectivity index (χ0n) is 19.8. The Bertz CT molecular complexity index is 1100. The quantitative estimate of drug-likeness (QED) is 0.540. The molecule has 4 fully saturated rings. The summed E-state index contributed by atoms with van der Waals surface area (Å²) in [5.41, 5.74) is 10.0. The van der Waals surface area contributed by atoms with Crippen molar-refractivity contribution in [1.29, 1.82) is 0 Å². The molecule has 5 rings (SSSR count). The van der Waals surface area contributed by atoms with Gasteiger partial charge >= 0.3 is 6.09 Å². The minimum Gasteiger partial charge on any atom is -0.444 e. The lowest BCUT2D eigenvalue weighted by Gasteiger charge is -2.54. The molecule has 1 saturated carbocycles. The lowest BCUT2D eigenvalue weighted by molar-refractivity contribution is -0.152. The largest absolute Gasteiger partial charge is 0.444 e. The van der Waals surface area contributed by atoms with Crippen molar-refractivity contribution in [3.63, 3.8) is 0 Å². The van der Waals surface area contributed by atoms with E-state index in [9.17, 15) is 18.0 Å². The Hall–Kier alpha value is -1.92. The Morgan fingerprint density at radius 3 is 2.51 bits per heavy atom. The van der Waals surface area contributed by atoms with Crippen molar-refractivity contribution in [1.82, 2.24) is 26.2 Å². The number of nitrogens with zero attached hydrogens (tertiary/aromatic N) is 2. The van der Waals surface area contributed by atoms with E-state index in [1.54, 1.807) is 11.0 Å². The van der Waals surface area contributed by atoms with Crippen LogP contribution >= 0.6 is 11.6 Å². The van der Waals surface area contributed by atoms with Gasteiger partial charge in [-0.3, -0.25) is 4.79 Å². The molecule has 3 N–H and O–H groups in total. The van der Waals surface area contributed by atoms with Crippen LogP contribution in [0.15, 0.2) is 23.1 Å². The summed E-state index contributed by atoms with van der Waals surface area (Å²) in [5.74, 6) is 0.347. The van der Waals surface area contributed by atoms with Gasteiger partial charge in [-0.15, -0.1) is 0 Å². The first kappa shape index (κ1) is 24.8. The van der Waals surface area contributed by atoms with Gasteiger partial charge in [0.1, 0.15) is 6.61 Å². The molecule has 2 amide bonds. The number of ether oxygens (including phenoxy) is 1. The van der Waals surface area contributed by atoms with Crippen LogP contribution in [0.2, 0.25) is 5.02 Å². The van der Waals surface area contributed by atoms with E-state index in [1.165, 1.54) is 12.1 Å². The third-order valence-electron chi connectivity index (χ3n) is 7.97. The van der Waals surface area contributed by atoms with Gasteiger partial charge in [-0.1, -0.05) is 17.7 Å². The van der Waals surface area contributed by atoms with Gasteiger partial charge in [0.25, 0.3) is 0 Å². The first-order valence-electron chi connectivity index (χ1n) is 12.1. The van der Waals surface area contributed by atoms with Crippen LogP contribution in [0.1, 0.15) is 37.7 Å². The molecule has 4 aliphatic rings. The van der Waals surface area contributed by atoms with Crippen molar-refractivity contribution < 1.29 is 22.7 Å². The van der Waals surface area contributed by atoms with Crippen LogP contribution in [-0.4, -0.2) is 74.7 Å². The molecule has 1 aliphatic carbocycles. The van der Waals surface area contributed by atoms with E-state index in [0.29, 0.717) is 30.7 Å². The first-order valence-corrected chi connectivity index (χ1v) is 14.4. The Labute approximate surface area is 210 Å². The summed E-state index contributed by atoms with van der Waals surface area (Å²) in [4.78, 5) is 29.4. The van der Waals surface area contributed by atoms with Crippen molar-refractivity contribution in [2.24, 2.45) is 11.3 Å². The van der Waals surface area contributed by atoms with Gasteiger partial charge in [0.2, 0.25) is 5.91 Å². The lowest BCUT2D eigenvalue weighted by Crippen LogP contribution is -2.63. The van der Waals surface area contributed by atoms with E-state index in [4.69, 9.17) is 16.3 Å². The molecule has 192 valence electrons. The molecular weight excluding hydrogens is 494 g/mol. The van der Waals surface area contributed by atoms with E-state index >= 15 is 0 Å². The summed E-state index contributed by atoms with van der Waals surface area (Å²) in [7, 11) is -3.35. The molecule has 3 heterocycles. The summed E-state index contributed by atoms with van der Waals surface area (Å²) >= 11 is 6.18. The fourth-order valence-electron chi connectivity index (χ4n) is 5.72. The standard InChI is InChI=1S/C23H32ClN5O5S/c1-35(32,33)17-4-2-16(18(24)11-17)12-34-22(31)28-8-6-23(7-9-28)13-29(14-23)21(30)15-3-5-19-20(10-15)26-27-25-19/h2,4,11,15,19-20,25-27H,3,5-10,12-14H2,1H3. The molecule has 3 atom stereocenters. The number of amides is 2. The number of benzene rings is 1. The lowest BCUT2D eigenvalue weighted by atomic mass is 9.71. The molecule has 0 aromatic heterocycles. The Kier molecular flexibility index (Phi) is 6.73. The van der Waals surface area contributed by atoms with Crippen molar-refractivity contribution >= 4 is 33.4 Å². The predicted molar refractivity (Wildman–Crippen MR) is 129 cm³/mol. The molecule has 1 spiro atoms. The Balaban J connectivity index is 1.07. The van der Waals surface area contributed by atoms with Crippen molar-refractivity contribution in [3.05, 3.63) is 28.8 Å². The molecule has 12 heteroatoms. The van der Waals surface area contributed by atoms with Gasteiger partial charge < -0.3 is 14.5 Å². The highest BCUT2D eigenvalue weighted by molar-refractivity contribution is 7.90. The van der Waals surface area contributed by atoms with Gasteiger partial charge in [-0.05, 0) is 44.2 Å². The second kappa shape index (κ2) is 9.51. The van der Waals surface area contributed by atoms with Crippen molar-refractivity contribution in [2.45, 2.75) is 55.7 Å². The van der Waals surface area contributed by atoms with E-state index in [-0.39, 0.29) is 33.8 Å². The predicted octanol–water partition coefficient (Wildman–Crippen LogP) is 1.45. The molecule has 3 unspecified atom stereocenters. The molecule has 1 aromatic carbocycles. The monoisotopic (exact) mass is 525 g/mol. The number of piperidine rings is 1. The summed E-state index contributed by atoms with van der Waals surface area (Å²) in [6, 6.07) is 5.10.